The number of carbonyl (C=O) groups excluding carboxylic acids is 1. The van der Waals surface area contributed by atoms with E-state index in [2.05, 4.69) is 5.32 Å². The van der Waals surface area contributed by atoms with Crippen molar-refractivity contribution in [1.82, 2.24) is 5.32 Å². The second kappa shape index (κ2) is 6.10. The molecule has 0 fully saturated rings. The minimum Gasteiger partial charge on any atom is -0.504 e. The van der Waals surface area contributed by atoms with Gasteiger partial charge in [-0.1, -0.05) is 12.1 Å². The maximum atomic E-state index is 11.6. The fourth-order valence-corrected chi connectivity index (χ4v) is 1.57. The molecule has 0 saturated carbocycles. The van der Waals surface area contributed by atoms with E-state index in [1.165, 1.54) is 12.1 Å². The van der Waals surface area contributed by atoms with Crippen molar-refractivity contribution in [2.75, 3.05) is 0 Å². The van der Waals surface area contributed by atoms with Gasteiger partial charge in [-0.3, -0.25) is 4.79 Å². The quantitative estimate of drug-likeness (QED) is 0.565. The predicted octanol–water partition coefficient (Wildman–Crippen LogP) is 2.11. The zero-order valence-corrected chi connectivity index (χ0v) is 10.9. The second-order valence-corrected chi connectivity index (χ2v) is 4.37. The summed E-state index contributed by atoms with van der Waals surface area (Å²) in [5.41, 5.74) is 1.53. The van der Waals surface area contributed by atoms with Crippen LogP contribution in [0, 0.1) is 0 Å². The van der Waals surface area contributed by atoms with Crippen molar-refractivity contribution in [2.24, 2.45) is 0 Å². The van der Waals surface area contributed by atoms with Gasteiger partial charge in [-0.15, -0.1) is 0 Å². The molecule has 0 aromatic heterocycles. The Kier molecular flexibility index (Phi) is 4.77. The Balaban J connectivity index is 2.62. The number of carbonyl (C=O) groups is 1. The average Bonchev–Trinajstić information content (AvgIpc) is 2.32. The molecule has 1 aromatic carbocycles. The highest BCUT2D eigenvalue weighted by atomic mass is 16.3. The molecule has 1 amide bonds. The van der Waals surface area contributed by atoms with Gasteiger partial charge in [-0.05, 0) is 44.9 Å². The van der Waals surface area contributed by atoms with Gasteiger partial charge in [0.2, 0.25) is 5.91 Å². The summed E-state index contributed by atoms with van der Waals surface area (Å²) in [5.74, 6) is -0.371. The fraction of sp³-hybridized carbons (Fsp3) is 0.357. The zero-order valence-electron chi connectivity index (χ0n) is 10.9. The van der Waals surface area contributed by atoms with Crippen LogP contribution in [-0.4, -0.2) is 22.2 Å². The number of hydrogen-bond acceptors (Lipinski definition) is 3. The SMILES string of the molecule is CC=C(C)C(=O)NC(C)Cc1ccc(O)c(O)c1. The Hall–Kier alpha value is -1.97. The van der Waals surface area contributed by atoms with Crippen molar-refractivity contribution < 1.29 is 15.0 Å². The Morgan fingerprint density at radius 1 is 1.39 bits per heavy atom. The van der Waals surface area contributed by atoms with E-state index >= 15 is 0 Å². The van der Waals surface area contributed by atoms with Crippen LogP contribution in [0.15, 0.2) is 29.8 Å². The van der Waals surface area contributed by atoms with Gasteiger partial charge in [-0.25, -0.2) is 0 Å². The Morgan fingerprint density at radius 2 is 2.06 bits per heavy atom. The molecule has 0 aliphatic heterocycles. The molecule has 4 heteroatoms. The number of phenolic OH excluding ortho intramolecular Hbond substituents is 2. The first-order valence-electron chi connectivity index (χ1n) is 5.88. The summed E-state index contributed by atoms with van der Waals surface area (Å²) >= 11 is 0. The number of phenols is 2. The summed E-state index contributed by atoms with van der Waals surface area (Å²) < 4.78 is 0. The molecule has 18 heavy (non-hydrogen) atoms. The largest absolute Gasteiger partial charge is 0.504 e. The van der Waals surface area contributed by atoms with Crippen molar-refractivity contribution in [1.29, 1.82) is 0 Å². The third-order valence-corrected chi connectivity index (χ3v) is 2.75. The van der Waals surface area contributed by atoms with Crippen LogP contribution in [0.25, 0.3) is 0 Å². The molecule has 98 valence electrons. The number of amides is 1. The highest BCUT2D eigenvalue weighted by molar-refractivity contribution is 5.92. The van der Waals surface area contributed by atoms with Crippen LogP contribution in [0.5, 0.6) is 11.5 Å². The standard InChI is InChI=1S/C14H19NO3/c1-4-9(2)14(18)15-10(3)7-11-5-6-12(16)13(17)8-11/h4-6,8,10,16-17H,7H2,1-3H3,(H,15,18). The van der Waals surface area contributed by atoms with Crippen LogP contribution in [-0.2, 0) is 11.2 Å². The fourth-order valence-electron chi connectivity index (χ4n) is 1.57. The van der Waals surface area contributed by atoms with Crippen molar-refractivity contribution in [3.63, 3.8) is 0 Å². The van der Waals surface area contributed by atoms with Crippen LogP contribution in [0.2, 0.25) is 0 Å². The van der Waals surface area contributed by atoms with Crippen molar-refractivity contribution in [3.05, 3.63) is 35.4 Å². The number of allylic oxidation sites excluding steroid dienone is 1. The molecular weight excluding hydrogens is 230 g/mol. The number of aromatic hydroxyl groups is 2. The lowest BCUT2D eigenvalue weighted by molar-refractivity contribution is -0.118. The minimum atomic E-state index is -0.143. The molecule has 0 aliphatic rings. The lowest BCUT2D eigenvalue weighted by Crippen LogP contribution is -2.34. The summed E-state index contributed by atoms with van der Waals surface area (Å²) in [6.07, 6.45) is 2.35. The van der Waals surface area contributed by atoms with E-state index in [1.807, 2.05) is 13.8 Å². The molecule has 0 saturated heterocycles. The lowest BCUT2D eigenvalue weighted by atomic mass is 10.1. The van der Waals surface area contributed by atoms with Crippen LogP contribution in [0.4, 0.5) is 0 Å². The molecule has 1 unspecified atom stereocenters. The van der Waals surface area contributed by atoms with Gasteiger partial charge in [0.1, 0.15) is 0 Å². The van der Waals surface area contributed by atoms with Crippen LogP contribution in [0.1, 0.15) is 26.3 Å². The van der Waals surface area contributed by atoms with Crippen molar-refractivity contribution in [3.8, 4) is 11.5 Å². The highest BCUT2D eigenvalue weighted by Gasteiger charge is 2.10. The first kappa shape index (κ1) is 14.1. The lowest BCUT2D eigenvalue weighted by Gasteiger charge is -2.14. The first-order valence-corrected chi connectivity index (χ1v) is 5.88. The first-order chi connectivity index (χ1) is 8.43. The summed E-state index contributed by atoms with van der Waals surface area (Å²) in [6, 6.07) is 4.62. The normalized spacial score (nSPS) is 13.2. The van der Waals surface area contributed by atoms with E-state index in [9.17, 15) is 15.0 Å². The molecule has 0 aliphatic carbocycles. The summed E-state index contributed by atoms with van der Waals surface area (Å²) in [5, 5.41) is 21.4. The highest BCUT2D eigenvalue weighted by Crippen LogP contribution is 2.25. The number of nitrogens with one attached hydrogen (secondary N) is 1. The van der Waals surface area contributed by atoms with Gasteiger partial charge in [0.05, 0.1) is 0 Å². The number of hydrogen-bond donors (Lipinski definition) is 3. The van der Waals surface area contributed by atoms with Gasteiger partial charge < -0.3 is 15.5 Å². The molecule has 0 spiro atoms. The van der Waals surface area contributed by atoms with Crippen LogP contribution >= 0.6 is 0 Å². The average molecular weight is 249 g/mol. The van der Waals surface area contributed by atoms with Crippen LogP contribution < -0.4 is 5.32 Å². The van der Waals surface area contributed by atoms with E-state index in [4.69, 9.17) is 0 Å². The van der Waals surface area contributed by atoms with Gasteiger partial charge in [0, 0.05) is 11.6 Å². The summed E-state index contributed by atoms with van der Waals surface area (Å²) in [4.78, 5) is 11.6. The molecule has 1 rings (SSSR count). The molecule has 0 radical (unpaired) electrons. The van der Waals surface area contributed by atoms with Gasteiger partial charge in [-0.2, -0.15) is 0 Å². The third kappa shape index (κ3) is 3.80. The molecule has 0 heterocycles. The Bertz CT molecular complexity index is 466. The Labute approximate surface area is 107 Å². The summed E-state index contributed by atoms with van der Waals surface area (Å²) in [6.45, 7) is 5.47. The maximum Gasteiger partial charge on any atom is 0.246 e. The van der Waals surface area contributed by atoms with Crippen LogP contribution in [0.3, 0.4) is 0 Å². The zero-order chi connectivity index (χ0) is 13.7. The molecule has 3 N–H and O–H groups in total. The predicted molar refractivity (Wildman–Crippen MR) is 70.5 cm³/mol. The van der Waals surface area contributed by atoms with E-state index < -0.39 is 0 Å². The summed E-state index contributed by atoms with van der Waals surface area (Å²) in [7, 11) is 0. The van der Waals surface area contributed by atoms with E-state index in [-0.39, 0.29) is 23.4 Å². The van der Waals surface area contributed by atoms with E-state index in [0.29, 0.717) is 12.0 Å². The molecular formula is C14H19NO3. The molecule has 1 aromatic rings. The van der Waals surface area contributed by atoms with Gasteiger partial charge >= 0.3 is 0 Å². The Morgan fingerprint density at radius 3 is 2.61 bits per heavy atom. The molecule has 4 nitrogen and oxygen atoms in total. The number of rotatable bonds is 4. The minimum absolute atomic E-state index is 0.0451. The van der Waals surface area contributed by atoms with Crippen molar-refractivity contribution >= 4 is 5.91 Å². The van der Waals surface area contributed by atoms with E-state index in [1.54, 1.807) is 19.1 Å². The van der Waals surface area contributed by atoms with E-state index in [0.717, 1.165) is 5.56 Å². The molecule has 1 atom stereocenters. The van der Waals surface area contributed by atoms with Gasteiger partial charge in [0.25, 0.3) is 0 Å². The van der Waals surface area contributed by atoms with Crippen molar-refractivity contribution in [2.45, 2.75) is 33.2 Å². The second-order valence-electron chi connectivity index (χ2n) is 4.37. The maximum absolute atomic E-state index is 11.6. The smallest absolute Gasteiger partial charge is 0.246 e. The monoisotopic (exact) mass is 249 g/mol. The van der Waals surface area contributed by atoms with Gasteiger partial charge in [0.15, 0.2) is 11.5 Å². The third-order valence-electron chi connectivity index (χ3n) is 2.75. The topological polar surface area (TPSA) is 69.6 Å². The number of benzene rings is 1. The molecule has 0 bridgehead atoms.